The van der Waals surface area contributed by atoms with E-state index >= 15 is 0 Å². The zero-order chi connectivity index (χ0) is 15.2. The zero-order valence-electron chi connectivity index (χ0n) is 12.1. The SMILES string of the molecule is CCCNC(C)c1cc(Br)ccc1Oc1cncc(Cl)c1. The quantitative estimate of drug-likeness (QED) is 0.745. The molecular formula is C16H18BrClN2O. The summed E-state index contributed by atoms with van der Waals surface area (Å²) in [4.78, 5) is 4.04. The van der Waals surface area contributed by atoms with Crippen LogP contribution in [0, 0.1) is 0 Å². The number of benzene rings is 1. The van der Waals surface area contributed by atoms with Gasteiger partial charge >= 0.3 is 0 Å². The van der Waals surface area contributed by atoms with Crippen molar-refractivity contribution < 1.29 is 4.74 Å². The maximum absolute atomic E-state index is 5.94. The summed E-state index contributed by atoms with van der Waals surface area (Å²) in [7, 11) is 0. The predicted octanol–water partition coefficient (Wildman–Crippen LogP) is 5.35. The van der Waals surface area contributed by atoms with Gasteiger partial charge in [-0.15, -0.1) is 0 Å². The molecule has 0 amide bonds. The average Bonchev–Trinajstić information content (AvgIpc) is 2.46. The Morgan fingerprint density at radius 3 is 2.86 bits per heavy atom. The van der Waals surface area contributed by atoms with Gasteiger partial charge in [0.2, 0.25) is 0 Å². The number of pyridine rings is 1. The minimum atomic E-state index is 0.199. The predicted molar refractivity (Wildman–Crippen MR) is 90.2 cm³/mol. The van der Waals surface area contributed by atoms with Crippen LogP contribution in [0.25, 0.3) is 0 Å². The Bertz CT molecular complexity index is 607. The molecule has 1 unspecified atom stereocenters. The van der Waals surface area contributed by atoms with Crippen LogP contribution in [0.15, 0.2) is 41.1 Å². The van der Waals surface area contributed by atoms with E-state index in [-0.39, 0.29) is 6.04 Å². The molecule has 1 N–H and O–H groups in total. The van der Waals surface area contributed by atoms with Gasteiger partial charge in [-0.05, 0) is 38.1 Å². The Balaban J connectivity index is 2.26. The van der Waals surface area contributed by atoms with Crippen molar-refractivity contribution in [3.05, 3.63) is 51.7 Å². The number of hydrogen-bond acceptors (Lipinski definition) is 3. The molecule has 0 saturated heterocycles. The van der Waals surface area contributed by atoms with Crippen molar-refractivity contribution in [3.63, 3.8) is 0 Å². The summed E-state index contributed by atoms with van der Waals surface area (Å²) in [6.07, 6.45) is 4.33. The molecule has 1 heterocycles. The van der Waals surface area contributed by atoms with E-state index in [1.807, 2.05) is 12.1 Å². The fourth-order valence-electron chi connectivity index (χ4n) is 2.00. The second-order valence-electron chi connectivity index (χ2n) is 4.80. The van der Waals surface area contributed by atoms with E-state index in [4.69, 9.17) is 16.3 Å². The van der Waals surface area contributed by atoms with Gasteiger partial charge in [-0.3, -0.25) is 4.98 Å². The van der Waals surface area contributed by atoms with E-state index in [0.717, 1.165) is 28.8 Å². The van der Waals surface area contributed by atoms with E-state index in [9.17, 15) is 0 Å². The van der Waals surface area contributed by atoms with Gasteiger partial charge in [0.15, 0.2) is 0 Å². The van der Waals surface area contributed by atoms with Crippen molar-refractivity contribution in [2.24, 2.45) is 0 Å². The third kappa shape index (κ3) is 4.70. The fourth-order valence-corrected chi connectivity index (χ4v) is 2.54. The van der Waals surface area contributed by atoms with Crippen LogP contribution in [0.4, 0.5) is 0 Å². The minimum Gasteiger partial charge on any atom is -0.455 e. The van der Waals surface area contributed by atoms with E-state index in [1.165, 1.54) is 0 Å². The Morgan fingerprint density at radius 2 is 2.14 bits per heavy atom. The van der Waals surface area contributed by atoms with Crippen molar-refractivity contribution in [2.45, 2.75) is 26.3 Å². The smallest absolute Gasteiger partial charge is 0.147 e. The van der Waals surface area contributed by atoms with Crippen LogP contribution in [0.2, 0.25) is 5.02 Å². The lowest BCUT2D eigenvalue weighted by molar-refractivity contribution is 0.459. The van der Waals surface area contributed by atoms with Gasteiger partial charge in [0, 0.05) is 28.3 Å². The molecule has 5 heteroatoms. The second-order valence-corrected chi connectivity index (χ2v) is 6.15. The minimum absolute atomic E-state index is 0.199. The highest BCUT2D eigenvalue weighted by molar-refractivity contribution is 9.10. The Morgan fingerprint density at radius 1 is 1.33 bits per heavy atom. The first-order valence-corrected chi connectivity index (χ1v) is 8.08. The van der Waals surface area contributed by atoms with Crippen LogP contribution >= 0.6 is 27.5 Å². The molecule has 0 saturated carbocycles. The highest BCUT2D eigenvalue weighted by Gasteiger charge is 2.13. The molecule has 1 aromatic carbocycles. The molecule has 0 spiro atoms. The first-order chi connectivity index (χ1) is 10.1. The topological polar surface area (TPSA) is 34.1 Å². The van der Waals surface area contributed by atoms with E-state index in [1.54, 1.807) is 18.5 Å². The fraction of sp³-hybridized carbons (Fsp3) is 0.312. The largest absolute Gasteiger partial charge is 0.455 e. The summed E-state index contributed by atoms with van der Waals surface area (Å²) in [5.74, 6) is 1.44. The Hall–Kier alpha value is -1.10. The molecular weight excluding hydrogens is 352 g/mol. The molecule has 112 valence electrons. The van der Waals surface area contributed by atoms with Crippen LogP contribution in [-0.4, -0.2) is 11.5 Å². The number of halogens is 2. The molecule has 2 rings (SSSR count). The lowest BCUT2D eigenvalue weighted by atomic mass is 10.1. The van der Waals surface area contributed by atoms with Crippen LogP contribution in [0.5, 0.6) is 11.5 Å². The number of aromatic nitrogens is 1. The first kappa shape index (κ1) is 16.3. The summed E-state index contributed by atoms with van der Waals surface area (Å²) in [5, 5.41) is 4.03. The van der Waals surface area contributed by atoms with Crippen molar-refractivity contribution in [2.75, 3.05) is 6.54 Å². The normalized spacial score (nSPS) is 12.2. The number of hydrogen-bond donors (Lipinski definition) is 1. The lowest BCUT2D eigenvalue weighted by Gasteiger charge is -2.18. The Kier molecular flexibility index (Phi) is 6.03. The van der Waals surface area contributed by atoms with E-state index < -0.39 is 0 Å². The molecule has 1 aromatic heterocycles. The molecule has 3 nitrogen and oxygen atoms in total. The summed E-state index contributed by atoms with van der Waals surface area (Å²) >= 11 is 9.46. The van der Waals surface area contributed by atoms with E-state index in [0.29, 0.717) is 10.8 Å². The van der Waals surface area contributed by atoms with Gasteiger partial charge in [-0.25, -0.2) is 0 Å². The summed E-state index contributed by atoms with van der Waals surface area (Å²) in [6, 6.07) is 7.93. The Labute approximate surface area is 138 Å². The summed E-state index contributed by atoms with van der Waals surface area (Å²) in [6.45, 7) is 5.24. The van der Waals surface area contributed by atoms with Gasteiger partial charge in [-0.1, -0.05) is 34.5 Å². The van der Waals surface area contributed by atoms with Crippen LogP contribution in [0.3, 0.4) is 0 Å². The monoisotopic (exact) mass is 368 g/mol. The van der Waals surface area contributed by atoms with Crippen molar-refractivity contribution in [3.8, 4) is 11.5 Å². The molecule has 1 atom stereocenters. The number of rotatable bonds is 6. The second kappa shape index (κ2) is 7.78. The third-order valence-corrected chi connectivity index (χ3v) is 3.75. The number of nitrogens with zero attached hydrogens (tertiary/aromatic N) is 1. The maximum Gasteiger partial charge on any atom is 0.147 e. The standard InChI is InChI=1S/C16H18BrClN2O/c1-3-6-20-11(2)15-7-12(17)4-5-16(15)21-14-8-13(18)9-19-10-14/h4-5,7-11,20H,3,6H2,1-2H3. The lowest BCUT2D eigenvalue weighted by Crippen LogP contribution is -2.19. The molecule has 0 radical (unpaired) electrons. The molecule has 2 aromatic rings. The van der Waals surface area contributed by atoms with Gasteiger partial charge in [0.1, 0.15) is 11.5 Å². The highest BCUT2D eigenvalue weighted by atomic mass is 79.9. The molecule has 0 aliphatic carbocycles. The first-order valence-electron chi connectivity index (χ1n) is 6.91. The zero-order valence-corrected chi connectivity index (χ0v) is 14.4. The van der Waals surface area contributed by atoms with Crippen LogP contribution in [0.1, 0.15) is 31.9 Å². The molecule has 0 aliphatic rings. The van der Waals surface area contributed by atoms with Gasteiger partial charge in [-0.2, -0.15) is 0 Å². The summed E-state index contributed by atoms with van der Waals surface area (Å²) in [5.41, 5.74) is 1.10. The van der Waals surface area contributed by atoms with Gasteiger partial charge < -0.3 is 10.1 Å². The van der Waals surface area contributed by atoms with Crippen LogP contribution < -0.4 is 10.1 Å². The van der Waals surface area contributed by atoms with Gasteiger partial charge in [0.05, 0.1) is 11.2 Å². The molecule has 0 fully saturated rings. The van der Waals surface area contributed by atoms with Crippen molar-refractivity contribution in [1.82, 2.24) is 10.3 Å². The third-order valence-electron chi connectivity index (χ3n) is 3.05. The van der Waals surface area contributed by atoms with Crippen LogP contribution in [-0.2, 0) is 0 Å². The van der Waals surface area contributed by atoms with Crippen molar-refractivity contribution in [1.29, 1.82) is 0 Å². The average molecular weight is 370 g/mol. The number of nitrogens with one attached hydrogen (secondary N) is 1. The molecule has 0 bridgehead atoms. The number of ether oxygens (including phenoxy) is 1. The molecule has 0 aliphatic heterocycles. The van der Waals surface area contributed by atoms with E-state index in [2.05, 4.69) is 46.1 Å². The van der Waals surface area contributed by atoms with Gasteiger partial charge in [0.25, 0.3) is 0 Å². The maximum atomic E-state index is 5.94. The molecule has 21 heavy (non-hydrogen) atoms. The van der Waals surface area contributed by atoms with Crippen molar-refractivity contribution >= 4 is 27.5 Å². The summed E-state index contributed by atoms with van der Waals surface area (Å²) < 4.78 is 6.97. The highest BCUT2D eigenvalue weighted by Crippen LogP contribution is 2.32.